The molecule has 0 saturated carbocycles. The molecule has 34 heavy (non-hydrogen) atoms. The Balaban J connectivity index is 1.08. The lowest BCUT2D eigenvalue weighted by Gasteiger charge is -2.32. The summed E-state index contributed by atoms with van der Waals surface area (Å²) in [6.45, 7) is 3.55. The Morgan fingerprint density at radius 1 is 0.971 bits per heavy atom. The number of hydrogen-bond donors (Lipinski definition) is 0. The van der Waals surface area contributed by atoms with E-state index < -0.39 is 0 Å². The highest BCUT2D eigenvalue weighted by molar-refractivity contribution is 5.77. The van der Waals surface area contributed by atoms with E-state index in [1.807, 2.05) is 23.1 Å². The van der Waals surface area contributed by atoms with Gasteiger partial charge in [0.25, 0.3) is 5.91 Å². The molecule has 0 atom stereocenters. The quantitative estimate of drug-likeness (QED) is 0.535. The van der Waals surface area contributed by atoms with Crippen molar-refractivity contribution in [2.24, 2.45) is 5.92 Å². The maximum absolute atomic E-state index is 12.6. The molecule has 5 rings (SSSR count). The Hall–Kier alpha value is -3.38. The summed E-state index contributed by atoms with van der Waals surface area (Å²) >= 11 is 0. The molecule has 3 aromatic rings. The van der Waals surface area contributed by atoms with Gasteiger partial charge in [0.2, 0.25) is 11.2 Å². The predicted molar refractivity (Wildman–Crippen MR) is 129 cm³/mol. The molecule has 1 saturated heterocycles. The van der Waals surface area contributed by atoms with Crippen LogP contribution in [0, 0.1) is 5.92 Å². The molecular formula is C28H30N2O4. The van der Waals surface area contributed by atoms with E-state index in [0.29, 0.717) is 18.2 Å². The van der Waals surface area contributed by atoms with Gasteiger partial charge in [-0.15, -0.1) is 0 Å². The number of fused-ring (bicyclic) bond motifs is 1. The van der Waals surface area contributed by atoms with Crippen molar-refractivity contribution in [2.75, 3.05) is 19.7 Å². The second-order valence-electron chi connectivity index (χ2n) is 9.29. The fourth-order valence-corrected chi connectivity index (χ4v) is 4.93. The van der Waals surface area contributed by atoms with Crippen LogP contribution in [0.3, 0.4) is 0 Å². The molecule has 1 amide bonds. The normalized spacial score (nSPS) is 16.4. The molecule has 3 heterocycles. The van der Waals surface area contributed by atoms with Gasteiger partial charge in [-0.25, -0.2) is 0 Å². The number of piperidine rings is 1. The van der Waals surface area contributed by atoms with Gasteiger partial charge in [0.15, 0.2) is 6.61 Å². The average molecular weight is 459 g/mol. The number of rotatable bonds is 7. The lowest BCUT2D eigenvalue weighted by atomic mass is 9.90. The SMILES string of the molecule is O=C(COc1coc(CN2Cc3ccccc3C2)cc1=O)N1CCC(Cc2ccccc2)CC1. The number of benzene rings is 2. The molecule has 0 aliphatic carbocycles. The van der Waals surface area contributed by atoms with Crippen LogP contribution in [0.2, 0.25) is 0 Å². The minimum atomic E-state index is -0.257. The lowest BCUT2D eigenvalue weighted by Crippen LogP contribution is -2.41. The molecule has 1 fully saturated rings. The molecule has 0 unspecified atom stereocenters. The van der Waals surface area contributed by atoms with Crippen molar-refractivity contribution in [1.29, 1.82) is 0 Å². The van der Waals surface area contributed by atoms with Gasteiger partial charge in [-0.1, -0.05) is 54.6 Å². The second kappa shape index (κ2) is 10.3. The first kappa shape index (κ1) is 22.4. The van der Waals surface area contributed by atoms with Crippen LogP contribution < -0.4 is 10.2 Å². The first-order valence-corrected chi connectivity index (χ1v) is 12.0. The first-order chi connectivity index (χ1) is 16.6. The van der Waals surface area contributed by atoms with Crippen molar-refractivity contribution in [2.45, 2.75) is 38.9 Å². The Labute approximate surface area is 199 Å². The Morgan fingerprint density at radius 2 is 1.65 bits per heavy atom. The van der Waals surface area contributed by atoms with E-state index in [0.717, 1.165) is 45.4 Å². The van der Waals surface area contributed by atoms with Crippen molar-refractivity contribution in [3.05, 3.63) is 99.6 Å². The van der Waals surface area contributed by atoms with Crippen LogP contribution in [0.25, 0.3) is 0 Å². The maximum atomic E-state index is 12.6. The number of hydrogen-bond acceptors (Lipinski definition) is 5. The highest BCUT2D eigenvalue weighted by atomic mass is 16.5. The Kier molecular flexibility index (Phi) is 6.77. The standard InChI is InChI=1S/C28H30N2O4/c31-26-15-25(18-29-16-23-8-4-5-9-24(23)17-29)33-19-27(26)34-20-28(32)30-12-10-22(11-13-30)14-21-6-2-1-3-7-21/h1-9,15,19,22H,10-14,16-18,20H2. The zero-order valence-electron chi connectivity index (χ0n) is 19.3. The van der Waals surface area contributed by atoms with Gasteiger partial charge in [-0.2, -0.15) is 0 Å². The number of amides is 1. The topological polar surface area (TPSA) is 63.0 Å². The summed E-state index contributed by atoms with van der Waals surface area (Å²) in [5, 5.41) is 0. The van der Waals surface area contributed by atoms with Gasteiger partial charge in [0.1, 0.15) is 12.0 Å². The van der Waals surface area contributed by atoms with E-state index in [1.165, 1.54) is 29.0 Å². The third kappa shape index (κ3) is 5.39. The van der Waals surface area contributed by atoms with Crippen LogP contribution in [-0.2, 0) is 30.8 Å². The summed E-state index contributed by atoms with van der Waals surface area (Å²) in [4.78, 5) is 29.2. The highest BCUT2D eigenvalue weighted by Crippen LogP contribution is 2.24. The van der Waals surface area contributed by atoms with E-state index in [-0.39, 0.29) is 23.7 Å². The van der Waals surface area contributed by atoms with Crippen LogP contribution in [0.1, 0.15) is 35.3 Å². The zero-order chi connectivity index (χ0) is 23.3. The number of carbonyl (C=O) groups excluding carboxylic acids is 1. The fraction of sp³-hybridized carbons (Fsp3) is 0.357. The van der Waals surface area contributed by atoms with Crippen LogP contribution >= 0.6 is 0 Å². The third-order valence-electron chi connectivity index (χ3n) is 6.82. The fourth-order valence-electron chi connectivity index (χ4n) is 4.93. The van der Waals surface area contributed by atoms with Gasteiger partial charge in [0, 0.05) is 32.2 Å². The van der Waals surface area contributed by atoms with Crippen LogP contribution in [0.15, 0.2) is 76.1 Å². The Bertz CT molecular complexity index is 1160. The monoisotopic (exact) mass is 458 g/mol. The van der Waals surface area contributed by atoms with E-state index in [2.05, 4.69) is 41.3 Å². The summed E-state index contributed by atoms with van der Waals surface area (Å²) in [6.07, 6.45) is 4.35. The minimum Gasteiger partial charge on any atom is -0.477 e. The molecule has 0 spiro atoms. The lowest BCUT2D eigenvalue weighted by molar-refractivity contribution is -0.134. The van der Waals surface area contributed by atoms with Crippen molar-refractivity contribution in [1.82, 2.24) is 9.80 Å². The average Bonchev–Trinajstić information content (AvgIpc) is 3.27. The van der Waals surface area contributed by atoms with E-state index >= 15 is 0 Å². The molecule has 2 aliphatic rings. The molecular weight excluding hydrogens is 428 g/mol. The van der Waals surface area contributed by atoms with Gasteiger partial charge >= 0.3 is 0 Å². The minimum absolute atomic E-state index is 0.0840. The van der Waals surface area contributed by atoms with Crippen molar-refractivity contribution < 1.29 is 13.9 Å². The summed E-state index contributed by atoms with van der Waals surface area (Å²) in [7, 11) is 0. The van der Waals surface area contributed by atoms with Crippen molar-refractivity contribution >= 4 is 5.91 Å². The predicted octanol–water partition coefficient (Wildman–Crippen LogP) is 4.02. The van der Waals surface area contributed by atoms with Crippen LogP contribution in [0.4, 0.5) is 0 Å². The van der Waals surface area contributed by atoms with Crippen LogP contribution in [0.5, 0.6) is 5.75 Å². The molecule has 0 radical (unpaired) electrons. The molecule has 6 heteroatoms. The summed E-state index contributed by atoms with van der Waals surface area (Å²) in [6, 6.07) is 20.3. The van der Waals surface area contributed by atoms with Gasteiger partial charge < -0.3 is 14.1 Å². The van der Waals surface area contributed by atoms with E-state index in [1.54, 1.807) is 0 Å². The Morgan fingerprint density at radius 3 is 2.32 bits per heavy atom. The van der Waals surface area contributed by atoms with Gasteiger partial charge in [0.05, 0.1) is 6.54 Å². The number of nitrogens with zero attached hydrogens (tertiary/aromatic N) is 2. The molecule has 2 aromatic carbocycles. The van der Waals surface area contributed by atoms with Gasteiger partial charge in [-0.05, 0) is 41.9 Å². The molecule has 1 aromatic heterocycles. The smallest absolute Gasteiger partial charge is 0.260 e. The highest BCUT2D eigenvalue weighted by Gasteiger charge is 2.24. The van der Waals surface area contributed by atoms with E-state index in [4.69, 9.17) is 9.15 Å². The number of likely N-dealkylation sites (tertiary alicyclic amines) is 1. The van der Waals surface area contributed by atoms with Crippen molar-refractivity contribution in [3.63, 3.8) is 0 Å². The summed E-state index contributed by atoms with van der Waals surface area (Å²) < 4.78 is 11.2. The molecule has 0 bridgehead atoms. The second-order valence-corrected chi connectivity index (χ2v) is 9.29. The third-order valence-corrected chi connectivity index (χ3v) is 6.82. The molecule has 2 aliphatic heterocycles. The number of carbonyl (C=O) groups is 1. The van der Waals surface area contributed by atoms with Crippen molar-refractivity contribution in [3.8, 4) is 5.75 Å². The largest absolute Gasteiger partial charge is 0.477 e. The summed E-state index contributed by atoms with van der Waals surface area (Å²) in [5.41, 5.74) is 3.72. The summed E-state index contributed by atoms with van der Waals surface area (Å²) in [5.74, 6) is 1.18. The molecule has 0 N–H and O–H groups in total. The van der Waals surface area contributed by atoms with Crippen LogP contribution in [-0.4, -0.2) is 35.4 Å². The zero-order valence-corrected chi connectivity index (χ0v) is 19.3. The number of ether oxygens (including phenoxy) is 1. The van der Waals surface area contributed by atoms with Gasteiger partial charge in [-0.3, -0.25) is 14.5 Å². The molecule has 6 nitrogen and oxygen atoms in total. The maximum Gasteiger partial charge on any atom is 0.260 e. The first-order valence-electron chi connectivity index (χ1n) is 12.0. The van der Waals surface area contributed by atoms with E-state index in [9.17, 15) is 9.59 Å². The molecule has 176 valence electrons.